The highest BCUT2D eigenvalue weighted by Crippen LogP contribution is 2.26. The Labute approximate surface area is 120 Å². The molecule has 2 fully saturated rings. The van der Waals surface area contributed by atoms with Gasteiger partial charge in [-0.1, -0.05) is 0 Å². The van der Waals surface area contributed by atoms with Gasteiger partial charge in [0.1, 0.15) is 6.04 Å². The maximum Gasteiger partial charge on any atom is 0.241 e. The Balaban J connectivity index is 2.07. The van der Waals surface area contributed by atoms with Crippen LogP contribution in [0.5, 0.6) is 0 Å². The van der Waals surface area contributed by atoms with Crippen LogP contribution in [-0.4, -0.2) is 66.2 Å². The molecule has 2 unspecified atom stereocenters. The van der Waals surface area contributed by atoms with Crippen LogP contribution in [0.15, 0.2) is 0 Å². The molecule has 2 saturated heterocycles. The molecule has 6 nitrogen and oxygen atoms in total. The predicted molar refractivity (Wildman–Crippen MR) is 75.6 cm³/mol. The minimum absolute atomic E-state index is 0.106. The summed E-state index contributed by atoms with van der Waals surface area (Å²) in [4.78, 5) is 14.3. The Hall–Kier alpha value is -0.660. The normalized spacial score (nSPS) is 33.1. The molecule has 7 heteroatoms. The van der Waals surface area contributed by atoms with E-state index in [0.717, 1.165) is 19.1 Å². The number of sulfonamides is 1. The van der Waals surface area contributed by atoms with Gasteiger partial charge in [-0.25, -0.2) is 8.42 Å². The fourth-order valence-corrected chi connectivity index (χ4v) is 4.20. The van der Waals surface area contributed by atoms with Crippen LogP contribution in [0.3, 0.4) is 0 Å². The minimum atomic E-state index is -3.33. The highest BCUT2D eigenvalue weighted by atomic mass is 32.2. The van der Waals surface area contributed by atoms with Gasteiger partial charge in [-0.2, -0.15) is 4.31 Å². The zero-order chi connectivity index (χ0) is 15.0. The van der Waals surface area contributed by atoms with E-state index in [1.807, 2.05) is 0 Å². The van der Waals surface area contributed by atoms with Crippen molar-refractivity contribution in [2.24, 2.45) is 0 Å². The van der Waals surface area contributed by atoms with Crippen molar-refractivity contribution in [3.63, 3.8) is 0 Å². The van der Waals surface area contributed by atoms with E-state index >= 15 is 0 Å². The first kappa shape index (κ1) is 15.7. The first-order chi connectivity index (χ1) is 9.21. The molecule has 0 aromatic heterocycles. The highest BCUT2D eigenvalue weighted by molar-refractivity contribution is 7.88. The molecule has 2 heterocycles. The van der Waals surface area contributed by atoms with Crippen molar-refractivity contribution in [3.8, 4) is 0 Å². The third kappa shape index (κ3) is 3.51. The zero-order valence-corrected chi connectivity index (χ0v) is 13.0. The van der Waals surface area contributed by atoms with E-state index in [1.54, 1.807) is 11.8 Å². The van der Waals surface area contributed by atoms with Gasteiger partial charge in [0.15, 0.2) is 0 Å². The molecule has 0 spiro atoms. The fraction of sp³-hybridized carbons (Fsp3) is 0.923. The summed E-state index contributed by atoms with van der Waals surface area (Å²) in [7, 11) is -3.33. The van der Waals surface area contributed by atoms with E-state index in [1.165, 1.54) is 4.31 Å². The SMILES string of the molecule is CC1(O)CCCN(C(=O)C2CCCN2S(C)(=O)=O)CC1. The quantitative estimate of drug-likeness (QED) is 0.789. The van der Waals surface area contributed by atoms with Gasteiger partial charge in [0.05, 0.1) is 11.9 Å². The van der Waals surface area contributed by atoms with Gasteiger partial charge < -0.3 is 10.0 Å². The fourth-order valence-electron chi connectivity index (χ4n) is 3.08. The number of carbonyl (C=O) groups excluding carboxylic acids is 1. The number of hydrogen-bond acceptors (Lipinski definition) is 4. The molecule has 2 aliphatic rings. The van der Waals surface area contributed by atoms with Gasteiger partial charge in [-0.3, -0.25) is 4.79 Å². The molecule has 0 aromatic carbocycles. The summed E-state index contributed by atoms with van der Waals surface area (Å²) >= 11 is 0. The van der Waals surface area contributed by atoms with E-state index < -0.39 is 21.7 Å². The average molecular weight is 304 g/mol. The van der Waals surface area contributed by atoms with Crippen LogP contribution in [0.2, 0.25) is 0 Å². The summed E-state index contributed by atoms with van der Waals surface area (Å²) in [5.74, 6) is -0.106. The van der Waals surface area contributed by atoms with Gasteiger partial charge in [0.2, 0.25) is 15.9 Å². The molecule has 1 N–H and O–H groups in total. The number of rotatable bonds is 2. The molecular weight excluding hydrogens is 280 g/mol. The molecule has 0 aliphatic carbocycles. The largest absolute Gasteiger partial charge is 0.390 e. The molecule has 116 valence electrons. The van der Waals surface area contributed by atoms with E-state index in [0.29, 0.717) is 38.9 Å². The van der Waals surface area contributed by atoms with E-state index in [9.17, 15) is 18.3 Å². The topological polar surface area (TPSA) is 77.9 Å². The van der Waals surface area contributed by atoms with Crippen molar-refractivity contribution in [3.05, 3.63) is 0 Å². The summed E-state index contributed by atoms with van der Waals surface area (Å²) in [6.45, 7) is 3.32. The van der Waals surface area contributed by atoms with Crippen molar-refractivity contribution in [2.75, 3.05) is 25.9 Å². The van der Waals surface area contributed by atoms with Crippen molar-refractivity contribution in [1.82, 2.24) is 9.21 Å². The Morgan fingerprint density at radius 3 is 2.55 bits per heavy atom. The van der Waals surface area contributed by atoms with E-state index in [4.69, 9.17) is 0 Å². The number of hydrogen-bond donors (Lipinski definition) is 1. The molecule has 2 atom stereocenters. The minimum Gasteiger partial charge on any atom is -0.390 e. The van der Waals surface area contributed by atoms with Gasteiger partial charge >= 0.3 is 0 Å². The lowest BCUT2D eigenvalue weighted by Crippen LogP contribution is -2.48. The molecule has 20 heavy (non-hydrogen) atoms. The molecule has 1 amide bonds. The second-order valence-corrected chi connectivity index (χ2v) is 8.14. The number of amides is 1. The molecule has 2 rings (SSSR count). The summed E-state index contributed by atoms with van der Waals surface area (Å²) in [5.41, 5.74) is -0.721. The van der Waals surface area contributed by atoms with Crippen LogP contribution >= 0.6 is 0 Å². The van der Waals surface area contributed by atoms with Crippen molar-refractivity contribution in [1.29, 1.82) is 0 Å². The van der Waals surface area contributed by atoms with Gasteiger partial charge in [-0.15, -0.1) is 0 Å². The maximum atomic E-state index is 12.6. The third-order valence-electron chi connectivity index (χ3n) is 4.29. The second kappa shape index (κ2) is 5.61. The number of carbonyl (C=O) groups is 1. The van der Waals surface area contributed by atoms with Crippen molar-refractivity contribution in [2.45, 2.75) is 50.7 Å². The Kier molecular flexibility index (Phi) is 4.41. The van der Waals surface area contributed by atoms with Crippen LogP contribution in [0.1, 0.15) is 39.0 Å². The van der Waals surface area contributed by atoms with Gasteiger partial charge in [0.25, 0.3) is 0 Å². The van der Waals surface area contributed by atoms with Crippen LogP contribution in [-0.2, 0) is 14.8 Å². The maximum absolute atomic E-state index is 12.6. The van der Waals surface area contributed by atoms with Crippen LogP contribution < -0.4 is 0 Å². The first-order valence-electron chi connectivity index (χ1n) is 7.19. The predicted octanol–water partition coefficient (Wildman–Crippen LogP) is 0.174. The van der Waals surface area contributed by atoms with Crippen molar-refractivity contribution < 1.29 is 18.3 Å². The lowest BCUT2D eigenvalue weighted by atomic mass is 9.98. The number of likely N-dealkylation sites (tertiary alicyclic amines) is 1. The first-order valence-corrected chi connectivity index (χ1v) is 9.03. The average Bonchev–Trinajstić information content (AvgIpc) is 2.74. The second-order valence-electron chi connectivity index (χ2n) is 6.21. The molecule has 0 bridgehead atoms. The van der Waals surface area contributed by atoms with Crippen molar-refractivity contribution >= 4 is 15.9 Å². The van der Waals surface area contributed by atoms with Crippen LogP contribution in [0.4, 0.5) is 0 Å². The number of nitrogens with zero attached hydrogens (tertiary/aromatic N) is 2. The summed E-state index contributed by atoms with van der Waals surface area (Å²) in [5, 5.41) is 10.1. The van der Waals surface area contributed by atoms with Crippen LogP contribution in [0, 0.1) is 0 Å². The summed E-state index contributed by atoms with van der Waals surface area (Å²) < 4.78 is 24.8. The van der Waals surface area contributed by atoms with E-state index in [2.05, 4.69) is 0 Å². The zero-order valence-electron chi connectivity index (χ0n) is 12.2. The lowest BCUT2D eigenvalue weighted by Gasteiger charge is -2.28. The lowest BCUT2D eigenvalue weighted by molar-refractivity contribution is -0.134. The standard InChI is InChI=1S/C13H24N2O4S/c1-13(17)6-4-8-14(10-7-13)12(16)11-5-3-9-15(11)20(2,18)19/h11,17H,3-10H2,1-2H3. The summed E-state index contributed by atoms with van der Waals surface area (Å²) in [6, 6.07) is -0.548. The highest BCUT2D eigenvalue weighted by Gasteiger charge is 2.39. The van der Waals surface area contributed by atoms with E-state index in [-0.39, 0.29) is 5.91 Å². The smallest absolute Gasteiger partial charge is 0.241 e. The monoisotopic (exact) mass is 304 g/mol. The molecule has 0 radical (unpaired) electrons. The molecule has 0 saturated carbocycles. The third-order valence-corrected chi connectivity index (χ3v) is 5.58. The molecular formula is C13H24N2O4S. The Morgan fingerprint density at radius 2 is 1.90 bits per heavy atom. The van der Waals surface area contributed by atoms with Gasteiger partial charge in [0, 0.05) is 19.6 Å². The van der Waals surface area contributed by atoms with Gasteiger partial charge in [-0.05, 0) is 39.0 Å². The Bertz CT molecular complexity index is 475. The number of aliphatic hydroxyl groups is 1. The molecule has 2 aliphatic heterocycles. The molecule has 0 aromatic rings. The summed E-state index contributed by atoms with van der Waals surface area (Å²) in [6.07, 6.45) is 4.46. The van der Waals surface area contributed by atoms with Crippen LogP contribution in [0.25, 0.3) is 0 Å². The Morgan fingerprint density at radius 1 is 1.20 bits per heavy atom.